The molecule has 0 radical (unpaired) electrons. The fraction of sp³-hybridized carbons (Fsp3) is 0.190. The van der Waals surface area contributed by atoms with Gasteiger partial charge in [-0.25, -0.2) is 13.6 Å². The van der Waals surface area contributed by atoms with Gasteiger partial charge in [0.1, 0.15) is 23.4 Å². The van der Waals surface area contributed by atoms with Crippen LogP contribution in [0.15, 0.2) is 36.4 Å². The Kier molecular flexibility index (Phi) is 6.94. The Bertz CT molecular complexity index is 1110. The van der Waals surface area contributed by atoms with E-state index in [0.717, 1.165) is 12.1 Å². The maximum atomic E-state index is 13.8. The zero-order valence-electron chi connectivity index (χ0n) is 16.2. The number of alkyl halides is 2. The van der Waals surface area contributed by atoms with Crippen molar-refractivity contribution in [2.24, 2.45) is 0 Å². The number of amides is 4. The molecule has 0 unspecified atom stereocenters. The summed E-state index contributed by atoms with van der Waals surface area (Å²) in [6.45, 7) is -3.11. The first-order valence-corrected chi connectivity index (χ1v) is 9.11. The van der Waals surface area contributed by atoms with Crippen LogP contribution < -0.4 is 15.4 Å². The Morgan fingerprint density at radius 2 is 2.00 bits per heavy atom. The average molecular weight is 449 g/mol. The molecule has 1 aliphatic heterocycles. The van der Waals surface area contributed by atoms with Crippen LogP contribution in [0.4, 0.5) is 22.4 Å². The van der Waals surface area contributed by atoms with Crippen LogP contribution in [0.25, 0.3) is 0 Å². The topological polar surface area (TPSA) is 87.7 Å². The van der Waals surface area contributed by atoms with Crippen LogP contribution in [0.5, 0.6) is 5.75 Å². The first-order valence-electron chi connectivity index (χ1n) is 9.11. The highest BCUT2D eigenvalue weighted by Crippen LogP contribution is 2.27. The highest BCUT2D eigenvalue weighted by atomic mass is 19.3. The molecule has 0 saturated carbocycles. The number of carbonyl (C=O) groups is 3. The molecule has 1 aliphatic rings. The van der Waals surface area contributed by atoms with Crippen molar-refractivity contribution in [3.63, 3.8) is 0 Å². The number of rotatable bonds is 6. The summed E-state index contributed by atoms with van der Waals surface area (Å²) in [6.07, 6.45) is 0.140. The lowest BCUT2D eigenvalue weighted by molar-refractivity contribution is -0.108. The van der Waals surface area contributed by atoms with Crippen molar-refractivity contribution in [2.75, 3.05) is 6.54 Å². The summed E-state index contributed by atoms with van der Waals surface area (Å²) in [4.78, 5) is 36.2. The molecule has 2 aromatic rings. The summed E-state index contributed by atoms with van der Waals surface area (Å²) >= 11 is 0. The Morgan fingerprint density at radius 3 is 2.69 bits per heavy atom. The van der Waals surface area contributed by atoms with Gasteiger partial charge < -0.3 is 15.0 Å². The zero-order valence-corrected chi connectivity index (χ0v) is 16.2. The predicted molar refractivity (Wildman–Crippen MR) is 103 cm³/mol. The Balaban J connectivity index is 1.80. The van der Waals surface area contributed by atoms with Crippen LogP contribution in [-0.4, -0.2) is 42.4 Å². The lowest BCUT2D eigenvalue weighted by Gasteiger charge is -2.21. The van der Waals surface area contributed by atoms with Crippen molar-refractivity contribution >= 4 is 18.3 Å². The highest BCUT2D eigenvalue weighted by Gasteiger charge is 2.30. The van der Waals surface area contributed by atoms with Gasteiger partial charge in [-0.15, -0.1) is 0 Å². The number of carbonyl (C=O) groups excluding carboxylic acids is 3. The molecule has 2 N–H and O–H groups in total. The van der Waals surface area contributed by atoms with Gasteiger partial charge in [0.05, 0.1) is 12.1 Å². The number of imide groups is 1. The summed E-state index contributed by atoms with van der Waals surface area (Å²) in [5.41, 5.74) is 0.556. The van der Waals surface area contributed by atoms with E-state index in [1.807, 2.05) is 5.32 Å². The van der Waals surface area contributed by atoms with E-state index in [2.05, 4.69) is 21.9 Å². The highest BCUT2D eigenvalue weighted by molar-refractivity contribution is 5.98. The molecule has 32 heavy (non-hydrogen) atoms. The van der Waals surface area contributed by atoms with Crippen LogP contribution in [0.2, 0.25) is 0 Å². The minimum atomic E-state index is -3.05. The first kappa shape index (κ1) is 22.6. The predicted octanol–water partition coefficient (Wildman–Crippen LogP) is 2.40. The van der Waals surface area contributed by atoms with Gasteiger partial charge in [-0.05, 0) is 29.8 Å². The summed E-state index contributed by atoms with van der Waals surface area (Å²) in [5, 5.41) is 4.22. The number of hydrogen-bond donors (Lipinski definition) is 2. The molecule has 1 heterocycles. The summed E-state index contributed by atoms with van der Waals surface area (Å²) < 4.78 is 56.1. The number of hydrogen-bond acceptors (Lipinski definition) is 4. The number of urea groups is 1. The third-order valence-electron chi connectivity index (χ3n) is 4.40. The van der Waals surface area contributed by atoms with Gasteiger partial charge in [0, 0.05) is 18.2 Å². The number of nitrogens with one attached hydrogen (secondary N) is 2. The number of halogens is 4. The second-order valence-corrected chi connectivity index (χ2v) is 6.56. The molecule has 0 spiro atoms. The maximum absolute atomic E-state index is 13.8. The molecular formula is C21H15F4N3O4. The lowest BCUT2D eigenvalue weighted by Crippen LogP contribution is -2.46. The molecule has 0 aromatic heterocycles. The minimum absolute atomic E-state index is 0.100. The monoisotopic (exact) mass is 449 g/mol. The van der Waals surface area contributed by atoms with Gasteiger partial charge in [0.15, 0.2) is 0 Å². The van der Waals surface area contributed by atoms with Crippen molar-refractivity contribution in [3.05, 3.63) is 64.7 Å². The van der Waals surface area contributed by atoms with Crippen molar-refractivity contribution < 1.29 is 36.7 Å². The molecule has 0 aliphatic carbocycles. The quantitative estimate of drug-likeness (QED) is 0.403. The van der Waals surface area contributed by atoms with Crippen molar-refractivity contribution in [2.45, 2.75) is 19.2 Å². The van der Waals surface area contributed by atoms with Gasteiger partial charge in [0.25, 0.3) is 5.91 Å². The SMILES string of the molecule is O=CNC(=O)N[C@H](C#Cc1ccc(F)cc1F)CN1Cc2ccc(OC(F)F)cc2C1=O. The standard InChI is InChI=1S/C21H15F4N3O4/c22-14-4-1-12(18(23)7-14)2-5-15(27-21(31)26-11-29)10-28-9-13-3-6-16(32-20(24)25)8-17(13)19(28)30/h1,3-4,6-8,11,15,20H,9-10H2,(H2,26,27,29,31)/t15-/m1/s1. The molecule has 0 bridgehead atoms. The summed E-state index contributed by atoms with van der Waals surface area (Å²) in [7, 11) is 0. The maximum Gasteiger partial charge on any atom is 0.387 e. The van der Waals surface area contributed by atoms with E-state index in [0.29, 0.717) is 11.6 Å². The Labute approximate surface area is 179 Å². The van der Waals surface area contributed by atoms with E-state index >= 15 is 0 Å². The van der Waals surface area contributed by atoms with E-state index in [9.17, 15) is 31.9 Å². The Hall–Kier alpha value is -4.07. The van der Waals surface area contributed by atoms with E-state index in [1.165, 1.54) is 23.1 Å². The molecule has 166 valence electrons. The first-order chi connectivity index (χ1) is 15.3. The van der Waals surface area contributed by atoms with Gasteiger partial charge in [-0.3, -0.25) is 14.9 Å². The van der Waals surface area contributed by atoms with Crippen LogP contribution in [-0.2, 0) is 11.3 Å². The molecule has 4 amide bonds. The fourth-order valence-electron chi connectivity index (χ4n) is 3.02. The third-order valence-corrected chi connectivity index (χ3v) is 4.40. The fourth-order valence-corrected chi connectivity index (χ4v) is 3.02. The normalized spacial score (nSPS) is 13.2. The van der Waals surface area contributed by atoms with E-state index in [-0.39, 0.29) is 36.4 Å². The van der Waals surface area contributed by atoms with Crippen molar-refractivity contribution in [3.8, 4) is 17.6 Å². The smallest absolute Gasteiger partial charge is 0.387 e. The number of nitrogens with zero attached hydrogens (tertiary/aromatic N) is 1. The molecule has 1 atom stereocenters. The molecule has 0 saturated heterocycles. The van der Waals surface area contributed by atoms with Crippen molar-refractivity contribution in [1.29, 1.82) is 0 Å². The molecule has 7 nitrogen and oxygen atoms in total. The number of benzene rings is 2. The van der Waals surface area contributed by atoms with Crippen LogP contribution >= 0.6 is 0 Å². The number of fused-ring (bicyclic) bond motifs is 1. The minimum Gasteiger partial charge on any atom is -0.435 e. The van der Waals surface area contributed by atoms with Gasteiger partial charge in [-0.1, -0.05) is 17.9 Å². The third kappa shape index (κ3) is 5.54. The largest absolute Gasteiger partial charge is 0.435 e. The second kappa shape index (κ2) is 9.82. The van der Waals surface area contributed by atoms with Crippen LogP contribution in [0.1, 0.15) is 21.5 Å². The molecule has 2 aromatic carbocycles. The van der Waals surface area contributed by atoms with Crippen LogP contribution in [0.3, 0.4) is 0 Å². The van der Waals surface area contributed by atoms with E-state index < -0.39 is 36.2 Å². The van der Waals surface area contributed by atoms with E-state index in [1.54, 1.807) is 0 Å². The second-order valence-electron chi connectivity index (χ2n) is 6.56. The van der Waals surface area contributed by atoms with Gasteiger partial charge in [0.2, 0.25) is 6.41 Å². The zero-order chi connectivity index (χ0) is 23.3. The number of ether oxygens (including phenoxy) is 1. The molecule has 11 heteroatoms. The lowest BCUT2D eigenvalue weighted by atomic mass is 10.1. The Morgan fingerprint density at radius 1 is 1.22 bits per heavy atom. The average Bonchev–Trinajstić information content (AvgIpc) is 3.02. The van der Waals surface area contributed by atoms with Crippen LogP contribution in [0, 0.1) is 23.5 Å². The van der Waals surface area contributed by atoms with E-state index in [4.69, 9.17) is 0 Å². The molecular weight excluding hydrogens is 434 g/mol. The summed E-state index contributed by atoms with van der Waals surface area (Å²) in [6, 6.07) is 4.76. The molecule has 0 fully saturated rings. The van der Waals surface area contributed by atoms with Gasteiger partial charge >= 0.3 is 12.6 Å². The van der Waals surface area contributed by atoms with Crippen molar-refractivity contribution in [1.82, 2.24) is 15.5 Å². The molecule has 3 rings (SSSR count). The summed E-state index contributed by atoms with van der Waals surface area (Å²) in [5.74, 6) is 2.65. The van der Waals surface area contributed by atoms with Gasteiger partial charge in [-0.2, -0.15) is 8.78 Å².